The second-order valence-corrected chi connectivity index (χ2v) is 4.10. The topological polar surface area (TPSA) is 38.0 Å². The fraction of sp³-hybridized carbons (Fsp3) is 0.308. The quantitative estimate of drug-likeness (QED) is 0.911. The van der Waals surface area contributed by atoms with Crippen LogP contribution < -0.4 is 0 Å². The van der Waals surface area contributed by atoms with Gasteiger partial charge in [0, 0.05) is 6.54 Å². The highest BCUT2D eigenvalue weighted by atomic mass is 19.1. The third-order valence-electron chi connectivity index (χ3n) is 2.96. The van der Waals surface area contributed by atoms with Gasteiger partial charge in [-0.05, 0) is 25.5 Å². The van der Waals surface area contributed by atoms with E-state index in [1.165, 1.54) is 25.5 Å². The van der Waals surface area contributed by atoms with E-state index < -0.39 is 17.7 Å². The highest BCUT2D eigenvalue weighted by molar-refractivity contribution is 5.32. The van der Waals surface area contributed by atoms with E-state index >= 15 is 0 Å². The summed E-state index contributed by atoms with van der Waals surface area (Å²) in [5.74, 6) is -1.47. The lowest BCUT2D eigenvalue weighted by atomic mass is 10.0. The molecule has 3 nitrogen and oxygen atoms in total. The molecule has 1 unspecified atom stereocenters. The van der Waals surface area contributed by atoms with Crippen molar-refractivity contribution in [1.82, 2.24) is 9.55 Å². The molecular formula is C13H14F2N2O. The Labute approximate surface area is 104 Å². The first-order chi connectivity index (χ1) is 8.56. The van der Waals surface area contributed by atoms with E-state index in [1.807, 2.05) is 6.92 Å². The van der Waals surface area contributed by atoms with E-state index in [4.69, 9.17) is 0 Å². The molecule has 96 valence electrons. The molecule has 0 spiro atoms. The standard InChI is InChI=1S/C13H14F2N2O/c1-3-17-7-16-6-10(17)13(18)11-9(14)5-4-8(2)12(11)15/h4-7,13,18H,3H2,1-2H3. The fourth-order valence-corrected chi connectivity index (χ4v) is 1.90. The molecule has 0 amide bonds. The molecule has 18 heavy (non-hydrogen) atoms. The van der Waals surface area contributed by atoms with Gasteiger partial charge in [-0.1, -0.05) is 6.07 Å². The van der Waals surface area contributed by atoms with Gasteiger partial charge in [0.1, 0.15) is 17.7 Å². The second kappa shape index (κ2) is 4.86. The van der Waals surface area contributed by atoms with Crippen molar-refractivity contribution in [3.05, 3.63) is 53.1 Å². The van der Waals surface area contributed by atoms with E-state index in [2.05, 4.69) is 4.98 Å². The Morgan fingerprint density at radius 2 is 2.11 bits per heavy atom. The predicted octanol–water partition coefficient (Wildman–Crippen LogP) is 2.57. The summed E-state index contributed by atoms with van der Waals surface area (Å²) >= 11 is 0. The van der Waals surface area contributed by atoms with Crippen molar-refractivity contribution < 1.29 is 13.9 Å². The third kappa shape index (κ3) is 2.01. The van der Waals surface area contributed by atoms with Crippen molar-refractivity contribution in [2.45, 2.75) is 26.5 Å². The van der Waals surface area contributed by atoms with Crippen LogP contribution in [-0.2, 0) is 6.54 Å². The number of benzene rings is 1. The zero-order chi connectivity index (χ0) is 13.3. The first kappa shape index (κ1) is 12.7. The minimum Gasteiger partial charge on any atom is -0.382 e. The van der Waals surface area contributed by atoms with Gasteiger partial charge in [-0.15, -0.1) is 0 Å². The fourth-order valence-electron chi connectivity index (χ4n) is 1.90. The predicted molar refractivity (Wildman–Crippen MR) is 63.1 cm³/mol. The molecule has 0 aliphatic heterocycles. The zero-order valence-corrected chi connectivity index (χ0v) is 10.2. The molecule has 2 rings (SSSR count). The first-order valence-electron chi connectivity index (χ1n) is 5.68. The SMILES string of the molecule is CCn1cncc1C(O)c1c(F)ccc(C)c1F. The molecule has 1 atom stereocenters. The summed E-state index contributed by atoms with van der Waals surface area (Å²) in [7, 11) is 0. The van der Waals surface area contributed by atoms with Crippen LogP contribution in [0, 0.1) is 18.6 Å². The van der Waals surface area contributed by atoms with Gasteiger partial charge in [0.25, 0.3) is 0 Å². The maximum absolute atomic E-state index is 13.9. The molecule has 0 saturated carbocycles. The van der Waals surface area contributed by atoms with Gasteiger partial charge in [0.15, 0.2) is 0 Å². The Balaban J connectivity index is 2.52. The van der Waals surface area contributed by atoms with E-state index in [-0.39, 0.29) is 5.56 Å². The van der Waals surface area contributed by atoms with Crippen molar-refractivity contribution in [2.24, 2.45) is 0 Å². The molecular weight excluding hydrogens is 238 g/mol. The summed E-state index contributed by atoms with van der Waals surface area (Å²) in [6, 6.07) is 2.50. The highest BCUT2D eigenvalue weighted by Crippen LogP contribution is 2.28. The van der Waals surface area contributed by atoms with Crippen LogP contribution in [0.4, 0.5) is 8.78 Å². The van der Waals surface area contributed by atoms with E-state index in [1.54, 1.807) is 4.57 Å². The Kier molecular flexibility index (Phi) is 3.43. The summed E-state index contributed by atoms with van der Waals surface area (Å²) < 4.78 is 29.2. The summed E-state index contributed by atoms with van der Waals surface area (Å²) in [6.45, 7) is 3.96. The molecule has 0 aliphatic carbocycles. The largest absolute Gasteiger partial charge is 0.382 e. The van der Waals surface area contributed by atoms with E-state index in [0.717, 1.165) is 6.07 Å². The van der Waals surface area contributed by atoms with Crippen LogP contribution in [-0.4, -0.2) is 14.7 Å². The molecule has 1 N–H and O–H groups in total. The molecule has 1 aromatic carbocycles. The van der Waals surface area contributed by atoms with Crippen LogP contribution in [0.15, 0.2) is 24.7 Å². The first-order valence-corrected chi connectivity index (χ1v) is 5.68. The molecule has 0 fully saturated rings. The zero-order valence-electron chi connectivity index (χ0n) is 10.2. The van der Waals surface area contributed by atoms with Gasteiger partial charge < -0.3 is 9.67 Å². The van der Waals surface area contributed by atoms with Crippen LogP contribution >= 0.6 is 0 Å². The number of aliphatic hydroxyl groups is 1. The van der Waals surface area contributed by atoms with Crippen molar-refractivity contribution in [1.29, 1.82) is 0 Å². The summed E-state index contributed by atoms with van der Waals surface area (Å²) in [5.41, 5.74) is 0.346. The third-order valence-corrected chi connectivity index (χ3v) is 2.96. The number of imidazole rings is 1. The summed E-state index contributed by atoms with van der Waals surface area (Å²) in [5, 5.41) is 10.1. The van der Waals surface area contributed by atoms with Crippen LogP contribution in [0.3, 0.4) is 0 Å². The van der Waals surface area contributed by atoms with Crippen LogP contribution in [0.5, 0.6) is 0 Å². The van der Waals surface area contributed by atoms with Gasteiger partial charge in [0.2, 0.25) is 0 Å². The molecule has 1 aromatic heterocycles. The number of rotatable bonds is 3. The van der Waals surface area contributed by atoms with Crippen LogP contribution in [0.1, 0.15) is 29.8 Å². The molecule has 1 heterocycles. The Bertz CT molecular complexity index is 566. The van der Waals surface area contributed by atoms with Gasteiger partial charge in [-0.3, -0.25) is 0 Å². The number of aromatic nitrogens is 2. The molecule has 0 radical (unpaired) electrons. The van der Waals surface area contributed by atoms with Crippen LogP contribution in [0.25, 0.3) is 0 Å². The Morgan fingerprint density at radius 3 is 2.78 bits per heavy atom. The van der Waals surface area contributed by atoms with Gasteiger partial charge in [0.05, 0.1) is 23.8 Å². The molecule has 0 bridgehead atoms. The number of aliphatic hydroxyl groups excluding tert-OH is 1. The molecule has 0 saturated heterocycles. The Morgan fingerprint density at radius 1 is 1.39 bits per heavy atom. The lowest BCUT2D eigenvalue weighted by Crippen LogP contribution is -2.11. The molecule has 5 heteroatoms. The van der Waals surface area contributed by atoms with Crippen molar-refractivity contribution in [3.8, 4) is 0 Å². The second-order valence-electron chi connectivity index (χ2n) is 4.10. The van der Waals surface area contributed by atoms with Gasteiger partial charge >= 0.3 is 0 Å². The normalized spacial score (nSPS) is 12.7. The summed E-state index contributed by atoms with van der Waals surface area (Å²) in [4.78, 5) is 3.88. The number of aryl methyl sites for hydroxylation is 2. The number of hydrogen-bond donors (Lipinski definition) is 1. The minimum atomic E-state index is -1.35. The monoisotopic (exact) mass is 252 g/mol. The number of halogens is 2. The van der Waals surface area contributed by atoms with Crippen LogP contribution in [0.2, 0.25) is 0 Å². The van der Waals surface area contributed by atoms with Crippen molar-refractivity contribution >= 4 is 0 Å². The van der Waals surface area contributed by atoms with Crippen molar-refractivity contribution in [2.75, 3.05) is 0 Å². The van der Waals surface area contributed by atoms with Gasteiger partial charge in [-0.2, -0.15) is 0 Å². The van der Waals surface area contributed by atoms with E-state index in [9.17, 15) is 13.9 Å². The van der Waals surface area contributed by atoms with E-state index in [0.29, 0.717) is 17.8 Å². The highest BCUT2D eigenvalue weighted by Gasteiger charge is 2.23. The van der Waals surface area contributed by atoms with Gasteiger partial charge in [-0.25, -0.2) is 13.8 Å². The maximum Gasteiger partial charge on any atom is 0.135 e. The molecule has 2 aromatic rings. The smallest absolute Gasteiger partial charge is 0.135 e. The molecule has 0 aliphatic rings. The lowest BCUT2D eigenvalue weighted by Gasteiger charge is -2.15. The maximum atomic E-state index is 13.9. The summed E-state index contributed by atoms with van der Waals surface area (Å²) in [6.07, 6.45) is 1.58. The number of nitrogens with zero attached hydrogens (tertiary/aromatic N) is 2. The minimum absolute atomic E-state index is 0.299. The average molecular weight is 252 g/mol. The Hall–Kier alpha value is -1.75. The lowest BCUT2D eigenvalue weighted by molar-refractivity contribution is 0.199. The average Bonchev–Trinajstić information content (AvgIpc) is 2.82. The number of hydrogen-bond acceptors (Lipinski definition) is 2. The van der Waals surface area contributed by atoms with Crippen molar-refractivity contribution in [3.63, 3.8) is 0 Å².